The van der Waals surface area contributed by atoms with Crippen molar-refractivity contribution in [2.75, 3.05) is 25.2 Å². The Labute approximate surface area is 177 Å². The molecule has 0 saturated carbocycles. The lowest BCUT2D eigenvalue weighted by Crippen LogP contribution is -2.39. The number of nitrogens with one attached hydrogen (secondary N) is 1. The summed E-state index contributed by atoms with van der Waals surface area (Å²) in [6.07, 6.45) is 1.57. The third kappa shape index (κ3) is 3.78. The summed E-state index contributed by atoms with van der Waals surface area (Å²) < 4.78 is 16.6. The van der Waals surface area contributed by atoms with Crippen LogP contribution in [0, 0.1) is 5.92 Å². The van der Waals surface area contributed by atoms with E-state index in [2.05, 4.69) is 27.3 Å². The molecule has 30 heavy (non-hydrogen) atoms. The van der Waals surface area contributed by atoms with Gasteiger partial charge < -0.3 is 19.2 Å². The zero-order valence-corrected chi connectivity index (χ0v) is 17.4. The predicted molar refractivity (Wildman–Crippen MR) is 112 cm³/mol. The van der Waals surface area contributed by atoms with Crippen molar-refractivity contribution in [3.63, 3.8) is 0 Å². The number of nitrogens with zero attached hydrogens (tertiary/aromatic N) is 3. The van der Waals surface area contributed by atoms with E-state index in [1.165, 1.54) is 0 Å². The number of rotatable bonds is 5. The Balaban J connectivity index is 1.16. The Morgan fingerprint density at radius 2 is 2.03 bits per heavy atom. The van der Waals surface area contributed by atoms with Crippen molar-refractivity contribution in [1.29, 1.82) is 0 Å². The molecule has 1 N–H and O–H groups in total. The van der Waals surface area contributed by atoms with Crippen LogP contribution in [-0.2, 0) is 4.79 Å². The monoisotopic (exact) mass is 426 g/mol. The number of amides is 1. The second-order valence-corrected chi connectivity index (χ2v) is 8.41. The summed E-state index contributed by atoms with van der Waals surface area (Å²) in [5, 5.41) is 13.4. The highest BCUT2D eigenvalue weighted by molar-refractivity contribution is 7.13. The molecule has 4 heterocycles. The summed E-state index contributed by atoms with van der Waals surface area (Å²) in [6.45, 7) is 3.89. The smallest absolute Gasteiger partial charge is 0.257 e. The fraction of sp³-hybridized carbons (Fsp3) is 0.381. The SMILES string of the molecule is C[C@H](c1nnc(-c2cccs2)o1)N1CCC(C(=O)Nc2ccc3c(c2)OCO3)CC1. The number of likely N-dealkylation sites (tertiary alicyclic amines) is 1. The average Bonchev–Trinajstić information content (AvgIpc) is 3.54. The highest BCUT2D eigenvalue weighted by Gasteiger charge is 2.30. The molecule has 1 aromatic carbocycles. The summed E-state index contributed by atoms with van der Waals surface area (Å²) in [5.74, 6) is 2.56. The van der Waals surface area contributed by atoms with Crippen molar-refractivity contribution in [2.24, 2.45) is 5.92 Å². The minimum absolute atomic E-state index is 0.0177. The first-order valence-electron chi connectivity index (χ1n) is 9.99. The molecule has 1 amide bonds. The number of hydrogen-bond acceptors (Lipinski definition) is 8. The number of benzene rings is 1. The van der Waals surface area contributed by atoms with Crippen LogP contribution >= 0.6 is 11.3 Å². The number of carbonyl (C=O) groups is 1. The Hall–Kier alpha value is -2.91. The summed E-state index contributed by atoms with van der Waals surface area (Å²) >= 11 is 1.58. The molecule has 0 spiro atoms. The van der Waals surface area contributed by atoms with Gasteiger partial charge in [-0.05, 0) is 56.4 Å². The Bertz CT molecular complexity index is 1030. The van der Waals surface area contributed by atoms with Crippen LogP contribution in [0.1, 0.15) is 31.7 Å². The molecule has 0 bridgehead atoms. The van der Waals surface area contributed by atoms with Crippen LogP contribution in [-0.4, -0.2) is 40.9 Å². The van der Waals surface area contributed by atoms with Gasteiger partial charge in [0.05, 0.1) is 10.9 Å². The lowest BCUT2D eigenvalue weighted by atomic mass is 9.95. The topological polar surface area (TPSA) is 89.7 Å². The molecule has 9 heteroatoms. The molecule has 8 nitrogen and oxygen atoms in total. The van der Waals surface area contributed by atoms with Gasteiger partial charge in [0.2, 0.25) is 18.6 Å². The van der Waals surface area contributed by atoms with E-state index in [0.717, 1.165) is 36.5 Å². The van der Waals surface area contributed by atoms with Gasteiger partial charge in [-0.3, -0.25) is 9.69 Å². The van der Waals surface area contributed by atoms with Gasteiger partial charge in [0, 0.05) is 17.7 Å². The molecule has 2 aliphatic heterocycles. The maximum Gasteiger partial charge on any atom is 0.257 e. The van der Waals surface area contributed by atoms with Gasteiger partial charge in [0.25, 0.3) is 5.89 Å². The minimum Gasteiger partial charge on any atom is -0.454 e. The molecule has 2 aliphatic rings. The van der Waals surface area contributed by atoms with Gasteiger partial charge in [-0.25, -0.2) is 0 Å². The third-order valence-electron chi connectivity index (χ3n) is 5.62. The van der Waals surface area contributed by atoms with Crippen LogP contribution in [0.25, 0.3) is 10.8 Å². The summed E-state index contributed by atoms with van der Waals surface area (Å²) in [6, 6.07) is 9.41. The lowest BCUT2D eigenvalue weighted by molar-refractivity contribution is -0.121. The number of fused-ring (bicyclic) bond motifs is 1. The second kappa shape index (κ2) is 8.08. The maximum atomic E-state index is 12.7. The molecule has 0 aliphatic carbocycles. The van der Waals surface area contributed by atoms with Gasteiger partial charge in [-0.2, -0.15) is 0 Å². The van der Waals surface area contributed by atoms with E-state index in [0.29, 0.717) is 23.3 Å². The van der Waals surface area contributed by atoms with Crippen LogP contribution < -0.4 is 14.8 Å². The largest absolute Gasteiger partial charge is 0.454 e. The van der Waals surface area contributed by atoms with Crippen LogP contribution in [0.15, 0.2) is 40.1 Å². The number of ether oxygens (including phenoxy) is 2. The summed E-state index contributed by atoms with van der Waals surface area (Å²) in [4.78, 5) is 16.0. The first kappa shape index (κ1) is 19.1. The molecular weight excluding hydrogens is 404 g/mol. The number of aromatic nitrogens is 2. The van der Waals surface area contributed by atoms with Crippen molar-refractivity contribution in [1.82, 2.24) is 15.1 Å². The Morgan fingerprint density at radius 1 is 1.20 bits per heavy atom. The number of anilines is 1. The molecule has 156 valence electrons. The van der Waals surface area contributed by atoms with Gasteiger partial charge >= 0.3 is 0 Å². The fourth-order valence-electron chi connectivity index (χ4n) is 3.83. The molecule has 2 aromatic heterocycles. The Kier molecular flexibility index (Phi) is 5.14. The fourth-order valence-corrected chi connectivity index (χ4v) is 4.47. The van der Waals surface area contributed by atoms with Crippen LogP contribution in [0.4, 0.5) is 5.69 Å². The molecule has 0 radical (unpaired) electrons. The highest BCUT2D eigenvalue weighted by atomic mass is 32.1. The van der Waals surface area contributed by atoms with Crippen molar-refractivity contribution in [3.05, 3.63) is 41.6 Å². The van der Waals surface area contributed by atoms with Crippen LogP contribution in [0.5, 0.6) is 11.5 Å². The van der Waals surface area contributed by atoms with E-state index in [9.17, 15) is 4.79 Å². The minimum atomic E-state index is -0.0248. The standard InChI is InChI=1S/C21H22N4O4S/c1-13(20-23-24-21(29-20)18-3-2-10-30-18)25-8-6-14(7-9-25)19(26)22-15-4-5-16-17(11-15)28-12-27-16/h2-5,10-11,13-14H,6-9,12H2,1H3,(H,22,26)/t13-/m1/s1. The van der Waals surface area contributed by atoms with E-state index in [4.69, 9.17) is 13.9 Å². The van der Waals surface area contributed by atoms with Gasteiger partial charge in [0.15, 0.2) is 11.5 Å². The normalized spacial score (nSPS) is 17.8. The van der Waals surface area contributed by atoms with Crippen molar-refractivity contribution < 1.29 is 18.7 Å². The number of hydrogen-bond donors (Lipinski definition) is 1. The van der Waals surface area contributed by atoms with Crippen molar-refractivity contribution >= 4 is 22.9 Å². The first-order chi connectivity index (χ1) is 14.7. The van der Waals surface area contributed by atoms with E-state index >= 15 is 0 Å². The van der Waals surface area contributed by atoms with Gasteiger partial charge in [0.1, 0.15) is 0 Å². The third-order valence-corrected chi connectivity index (χ3v) is 6.48. The Morgan fingerprint density at radius 3 is 2.83 bits per heavy atom. The van der Waals surface area contributed by atoms with Crippen molar-refractivity contribution in [2.45, 2.75) is 25.8 Å². The number of thiophene rings is 1. The highest BCUT2D eigenvalue weighted by Crippen LogP contribution is 2.35. The van der Waals surface area contributed by atoms with Gasteiger partial charge in [-0.15, -0.1) is 21.5 Å². The van der Waals surface area contributed by atoms with E-state index in [-0.39, 0.29) is 24.7 Å². The van der Waals surface area contributed by atoms with Crippen LogP contribution in [0.3, 0.4) is 0 Å². The molecule has 1 saturated heterocycles. The molecule has 0 unspecified atom stereocenters. The number of carbonyl (C=O) groups excluding carboxylic acids is 1. The lowest BCUT2D eigenvalue weighted by Gasteiger charge is -2.33. The molecule has 3 aromatic rings. The second-order valence-electron chi connectivity index (χ2n) is 7.47. The zero-order valence-electron chi connectivity index (χ0n) is 16.5. The first-order valence-corrected chi connectivity index (χ1v) is 10.9. The maximum absolute atomic E-state index is 12.7. The average molecular weight is 426 g/mol. The summed E-state index contributed by atoms with van der Waals surface area (Å²) in [7, 11) is 0. The number of piperidine rings is 1. The van der Waals surface area contributed by atoms with Crippen LogP contribution in [0.2, 0.25) is 0 Å². The molecule has 1 atom stereocenters. The quantitative estimate of drug-likeness (QED) is 0.661. The molecule has 1 fully saturated rings. The van der Waals surface area contributed by atoms with Crippen molar-refractivity contribution in [3.8, 4) is 22.3 Å². The van der Waals surface area contributed by atoms with E-state index < -0.39 is 0 Å². The molecular formula is C21H22N4O4S. The predicted octanol–water partition coefficient (Wildman–Crippen LogP) is 3.94. The molecule has 5 rings (SSSR count). The summed E-state index contributed by atoms with van der Waals surface area (Å²) in [5.41, 5.74) is 0.729. The van der Waals surface area contributed by atoms with E-state index in [1.807, 2.05) is 29.6 Å². The van der Waals surface area contributed by atoms with Gasteiger partial charge in [-0.1, -0.05) is 6.07 Å². The zero-order chi connectivity index (χ0) is 20.5. The van der Waals surface area contributed by atoms with E-state index in [1.54, 1.807) is 17.4 Å².